The largest absolute Gasteiger partial charge is 0.494 e. The number of thioether (sulfide) groups is 1. The highest BCUT2D eigenvalue weighted by Gasteiger charge is 2.36. The minimum Gasteiger partial charge on any atom is -0.494 e. The highest BCUT2D eigenvalue weighted by Crippen LogP contribution is 2.34. The van der Waals surface area contributed by atoms with Crippen LogP contribution >= 0.6 is 11.8 Å². The lowest BCUT2D eigenvalue weighted by atomic mass is 10.1. The van der Waals surface area contributed by atoms with Gasteiger partial charge < -0.3 is 10.1 Å². The Morgan fingerprint density at radius 3 is 2.51 bits per heavy atom. The molecule has 0 saturated carbocycles. The van der Waals surface area contributed by atoms with Crippen LogP contribution in [0.2, 0.25) is 0 Å². The number of carbonyl (C=O) groups is 2. The number of anilines is 1. The van der Waals surface area contributed by atoms with Crippen molar-refractivity contribution in [2.75, 3.05) is 18.5 Å². The summed E-state index contributed by atoms with van der Waals surface area (Å²) < 4.78 is 45.1. The summed E-state index contributed by atoms with van der Waals surface area (Å²) in [6, 6.07) is 11.5. The van der Waals surface area contributed by atoms with Gasteiger partial charge in [0.15, 0.2) is 5.17 Å². The van der Waals surface area contributed by atoms with Crippen LogP contribution in [0.15, 0.2) is 53.5 Å². The van der Waals surface area contributed by atoms with Gasteiger partial charge in [0.2, 0.25) is 11.8 Å². The number of aliphatic imine (C=N–C) groups is 1. The number of amidine groups is 1. The van der Waals surface area contributed by atoms with E-state index >= 15 is 0 Å². The molecule has 200 valence electrons. The Hall–Kier alpha value is -3.01. The van der Waals surface area contributed by atoms with Crippen LogP contribution in [0.4, 0.5) is 24.5 Å². The first-order valence-corrected chi connectivity index (χ1v) is 13.4. The van der Waals surface area contributed by atoms with Gasteiger partial charge in [-0.1, -0.05) is 50.4 Å². The van der Waals surface area contributed by atoms with Crippen LogP contribution in [0.25, 0.3) is 0 Å². The molecular formula is C27H32F3N3O3S. The van der Waals surface area contributed by atoms with Crippen molar-refractivity contribution in [3.8, 4) is 5.75 Å². The summed E-state index contributed by atoms with van der Waals surface area (Å²) in [5.74, 6) is 0.0291. The van der Waals surface area contributed by atoms with Crippen LogP contribution in [-0.2, 0) is 15.8 Å². The van der Waals surface area contributed by atoms with Gasteiger partial charge in [0.05, 0.1) is 17.9 Å². The van der Waals surface area contributed by atoms with Crippen LogP contribution in [-0.4, -0.2) is 40.3 Å². The summed E-state index contributed by atoms with van der Waals surface area (Å²) in [6.45, 7) is 4.92. The third-order valence-corrected chi connectivity index (χ3v) is 6.94. The van der Waals surface area contributed by atoms with E-state index < -0.39 is 17.0 Å². The Balaban J connectivity index is 1.79. The molecule has 1 N–H and O–H groups in total. The van der Waals surface area contributed by atoms with Gasteiger partial charge in [0.1, 0.15) is 11.0 Å². The summed E-state index contributed by atoms with van der Waals surface area (Å²) in [6.07, 6.45) is 0.374. The number of benzene rings is 2. The number of carbonyl (C=O) groups excluding carboxylic acids is 2. The molecular weight excluding hydrogens is 503 g/mol. The molecule has 1 aliphatic rings. The molecule has 37 heavy (non-hydrogen) atoms. The number of hydrogen-bond acceptors (Lipinski definition) is 5. The van der Waals surface area contributed by atoms with E-state index in [0.29, 0.717) is 24.6 Å². The van der Waals surface area contributed by atoms with E-state index in [4.69, 9.17) is 4.74 Å². The molecule has 2 amide bonds. The number of alkyl halides is 3. The van der Waals surface area contributed by atoms with Gasteiger partial charge in [-0.05, 0) is 55.8 Å². The van der Waals surface area contributed by atoms with Crippen molar-refractivity contribution in [3.05, 3.63) is 54.1 Å². The predicted octanol–water partition coefficient (Wildman–Crippen LogP) is 7.03. The standard InChI is InChI=1S/C27H32F3N3O3S/c1-3-5-6-7-8-16-33-24(34)18-23(25(35)31-20-12-14-22(15-13-20)36-4-2)37-26(33)32-21-11-9-10-19(17-21)27(28,29)30/h9-15,17,23H,3-8,16,18H2,1-2H3,(H,31,35). The van der Waals surface area contributed by atoms with Gasteiger partial charge in [-0.2, -0.15) is 13.2 Å². The lowest BCUT2D eigenvalue weighted by Crippen LogP contribution is -2.45. The van der Waals surface area contributed by atoms with E-state index in [1.807, 2.05) is 6.92 Å². The van der Waals surface area contributed by atoms with E-state index in [9.17, 15) is 22.8 Å². The normalized spacial score (nSPS) is 17.2. The number of rotatable bonds is 11. The number of halogens is 3. The maximum Gasteiger partial charge on any atom is 0.416 e. The van der Waals surface area contributed by atoms with Gasteiger partial charge in [-0.3, -0.25) is 14.5 Å². The average molecular weight is 536 g/mol. The van der Waals surface area contributed by atoms with Crippen LogP contribution in [0, 0.1) is 0 Å². The number of nitrogens with one attached hydrogen (secondary N) is 1. The molecule has 0 spiro atoms. The molecule has 10 heteroatoms. The summed E-state index contributed by atoms with van der Waals surface area (Å²) in [5, 5.41) is 2.28. The van der Waals surface area contributed by atoms with E-state index in [1.54, 1.807) is 24.3 Å². The van der Waals surface area contributed by atoms with Gasteiger partial charge in [-0.15, -0.1) is 0 Å². The number of nitrogens with zero attached hydrogens (tertiary/aromatic N) is 2. The lowest BCUT2D eigenvalue weighted by molar-refractivity contribution is -0.137. The van der Waals surface area contributed by atoms with Crippen molar-refractivity contribution in [2.45, 2.75) is 63.8 Å². The summed E-state index contributed by atoms with van der Waals surface area (Å²) in [7, 11) is 0. The minimum absolute atomic E-state index is 0.0237. The van der Waals surface area contributed by atoms with Crippen molar-refractivity contribution in [3.63, 3.8) is 0 Å². The zero-order valence-corrected chi connectivity index (χ0v) is 21.8. The van der Waals surface area contributed by atoms with Crippen LogP contribution < -0.4 is 10.1 Å². The van der Waals surface area contributed by atoms with Crippen molar-refractivity contribution in [2.24, 2.45) is 4.99 Å². The first kappa shape index (κ1) is 28.6. The topological polar surface area (TPSA) is 71.0 Å². The average Bonchev–Trinajstić information content (AvgIpc) is 2.86. The van der Waals surface area contributed by atoms with Crippen molar-refractivity contribution in [1.29, 1.82) is 0 Å². The van der Waals surface area contributed by atoms with Gasteiger partial charge >= 0.3 is 6.18 Å². The molecule has 0 radical (unpaired) electrons. The maximum atomic E-state index is 13.2. The Labute approximate surface area is 219 Å². The first-order chi connectivity index (χ1) is 17.7. The summed E-state index contributed by atoms with van der Waals surface area (Å²) in [4.78, 5) is 32.0. The first-order valence-electron chi connectivity index (χ1n) is 12.5. The lowest BCUT2D eigenvalue weighted by Gasteiger charge is -2.32. The molecule has 2 aromatic carbocycles. The monoisotopic (exact) mass is 535 g/mol. The Morgan fingerprint density at radius 1 is 1.11 bits per heavy atom. The number of hydrogen-bond donors (Lipinski definition) is 1. The highest BCUT2D eigenvalue weighted by molar-refractivity contribution is 8.15. The molecule has 1 saturated heterocycles. The van der Waals surface area contributed by atoms with Crippen molar-refractivity contribution in [1.82, 2.24) is 4.90 Å². The third-order valence-electron chi connectivity index (χ3n) is 5.75. The molecule has 1 aliphatic heterocycles. The summed E-state index contributed by atoms with van der Waals surface area (Å²) >= 11 is 1.10. The summed E-state index contributed by atoms with van der Waals surface area (Å²) in [5.41, 5.74) is -0.192. The third kappa shape index (κ3) is 8.52. The number of unbranched alkanes of at least 4 members (excludes halogenated alkanes) is 4. The molecule has 1 unspecified atom stereocenters. The molecule has 2 aromatic rings. The van der Waals surface area contributed by atoms with E-state index in [1.165, 1.54) is 17.0 Å². The van der Waals surface area contributed by atoms with E-state index in [2.05, 4.69) is 17.2 Å². The fourth-order valence-corrected chi connectivity index (χ4v) is 4.95. The second-order valence-electron chi connectivity index (χ2n) is 8.66. The molecule has 3 rings (SSSR count). The minimum atomic E-state index is -4.51. The number of amides is 2. The fraction of sp³-hybridized carbons (Fsp3) is 0.444. The van der Waals surface area contributed by atoms with Gasteiger partial charge in [0.25, 0.3) is 0 Å². The maximum absolute atomic E-state index is 13.2. The second-order valence-corrected chi connectivity index (χ2v) is 9.83. The molecule has 1 fully saturated rings. The molecule has 1 heterocycles. The SMILES string of the molecule is CCCCCCCN1C(=O)CC(C(=O)Nc2ccc(OCC)cc2)SC1=Nc1cccc(C(F)(F)F)c1. The van der Waals surface area contributed by atoms with Gasteiger partial charge in [0, 0.05) is 18.7 Å². The van der Waals surface area contributed by atoms with Crippen LogP contribution in [0.1, 0.15) is 57.9 Å². The fourth-order valence-electron chi connectivity index (χ4n) is 3.82. The predicted molar refractivity (Wildman–Crippen MR) is 141 cm³/mol. The Kier molecular flexibility index (Phi) is 10.4. The zero-order valence-electron chi connectivity index (χ0n) is 21.0. The van der Waals surface area contributed by atoms with Gasteiger partial charge in [-0.25, -0.2) is 4.99 Å². The number of ether oxygens (including phenoxy) is 1. The van der Waals surface area contributed by atoms with Crippen molar-refractivity contribution >= 4 is 40.1 Å². The second kappa shape index (κ2) is 13.5. The Morgan fingerprint density at radius 2 is 1.84 bits per heavy atom. The molecule has 6 nitrogen and oxygen atoms in total. The molecule has 1 atom stereocenters. The zero-order chi connectivity index (χ0) is 26.8. The van der Waals surface area contributed by atoms with Crippen LogP contribution in [0.5, 0.6) is 5.75 Å². The van der Waals surface area contributed by atoms with E-state index in [0.717, 1.165) is 56.0 Å². The van der Waals surface area contributed by atoms with Crippen LogP contribution in [0.3, 0.4) is 0 Å². The quantitative estimate of drug-likeness (QED) is 0.314. The smallest absolute Gasteiger partial charge is 0.416 e. The molecule has 0 bridgehead atoms. The molecule has 0 aromatic heterocycles. The molecule has 0 aliphatic carbocycles. The van der Waals surface area contributed by atoms with Crippen molar-refractivity contribution < 1.29 is 27.5 Å². The Bertz CT molecular complexity index is 1090. The van der Waals surface area contributed by atoms with E-state index in [-0.39, 0.29) is 29.1 Å². The highest BCUT2D eigenvalue weighted by atomic mass is 32.2.